The van der Waals surface area contributed by atoms with E-state index in [1.165, 1.54) is 0 Å². The molecule has 6 heteroatoms. The molecule has 1 rings (SSSR count). The molecule has 0 bridgehead atoms. The highest BCUT2D eigenvalue weighted by molar-refractivity contribution is 5.71. The number of carbonyl (C=O) groups is 1. The lowest BCUT2D eigenvalue weighted by molar-refractivity contribution is -0.198. The van der Waals surface area contributed by atoms with Crippen molar-refractivity contribution in [2.45, 2.75) is 32.4 Å². The fourth-order valence-corrected chi connectivity index (χ4v) is 1.72. The minimum absolute atomic E-state index is 0.125. The van der Waals surface area contributed by atoms with Crippen LogP contribution in [0.4, 0.5) is 13.2 Å². The smallest absolute Gasteiger partial charge is 0.405 e. The molecule has 0 heterocycles. The second-order valence-electron chi connectivity index (χ2n) is 4.59. The van der Waals surface area contributed by atoms with Crippen molar-refractivity contribution in [1.82, 2.24) is 0 Å². The van der Waals surface area contributed by atoms with Crippen molar-refractivity contribution in [3.8, 4) is 5.75 Å². The van der Waals surface area contributed by atoms with Gasteiger partial charge in [-0.05, 0) is 24.0 Å². The Kier molecular flexibility index (Phi) is 5.42. The van der Waals surface area contributed by atoms with E-state index in [9.17, 15) is 18.0 Å². The van der Waals surface area contributed by atoms with Gasteiger partial charge in [0.1, 0.15) is 12.4 Å². The van der Waals surface area contributed by atoms with Crippen LogP contribution in [0.5, 0.6) is 5.75 Å². The van der Waals surface area contributed by atoms with Gasteiger partial charge in [0.15, 0.2) is 5.92 Å². The molecule has 0 aliphatic rings. The van der Waals surface area contributed by atoms with Gasteiger partial charge in [0.25, 0.3) is 0 Å². The molecule has 2 atom stereocenters. The van der Waals surface area contributed by atoms with Gasteiger partial charge < -0.3 is 9.84 Å². The van der Waals surface area contributed by atoms with E-state index in [2.05, 4.69) is 0 Å². The molecule has 0 aromatic heterocycles. The first-order chi connectivity index (χ1) is 9.27. The molecule has 0 spiro atoms. The Bertz CT molecular complexity index is 457. The summed E-state index contributed by atoms with van der Waals surface area (Å²) in [5, 5.41) is 8.61. The van der Waals surface area contributed by atoms with E-state index in [-0.39, 0.29) is 5.92 Å². The fourth-order valence-electron chi connectivity index (χ4n) is 1.72. The Balaban J connectivity index is 2.86. The zero-order valence-electron chi connectivity index (χ0n) is 11.3. The summed E-state index contributed by atoms with van der Waals surface area (Å²) in [6.45, 7) is 2.96. The van der Waals surface area contributed by atoms with E-state index >= 15 is 0 Å². The Morgan fingerprint density at radius 2 is 1.95 bits per heavy atom. The monoisotopic (exact) mass is 290 g/mol. The Labute approximate surface area is 115 Å². The van der Waals surface area contributed by atoms with Gasteiger partial charge in [-0.3, -0.25) is 4.79 Å². The minimum Gasteiger partial charge on any atom is -0.492 e. The molecule has 0 saturated heterocycles. The normalized spacial score (nSPS) is 14.7. The van der Waals surface area contributed by atoms with Crippen molar-refractivity contribution in [3.05, 3.63) is 29.8 Å². The number of hydrogen-bond acceptors (Lipinski definition) is 2. The van der Waals surface area contributed by atoms with Crippen LogP contribution in [0.3, 0.4) is 0 Å². The van der Waals surface area contributed by atoms with Crippen molar-refractivity contribution in [2.75, 3.05) is 6.61 Å². The lowest BCUT2D eigenvalue weighted by Gasteiger charge is -2.19. The summed E-state index contributed by atoms with van der Waals surface area (Å²) < 4.78 is 42.7. The van der Waals surface area contributed by atoms with Crippen LogP contribution in [0, 0.1) is 5.92 Å². The molecule has 0 saturated carbocycles. The topological polar surface area (TPSA) is 46.5 Å². The highest BCUT2D eigenvalue weighted by Gasteiger charge is 2.45. The van der Waals surface area contributed by atoms with Crippen molar-refractivity contribution in [2.24, 2.45) is 5.92 Å². The maximum absolute atomic E-state index is 12.5. The van der Waals surface area contributed by atoms with E-state index in [1.54, 1.807) is 24.3 Å². The van der Waals surface area contributed by atoms with Gasteiger partial charge in [-0.2, -0.15) is 13.2 Å². The van der Waals surface area contributed by atoms with Gasteiger partial charge in [0, 0.05) is 0 Å². The number of carboxylic acid groups (broad SMARTS) is 1. The van der Waals surface area contributed by atoms with Gasteiger partial charge in [0.2, 0.25) is 0 Å². The molecule has 20 heavy (non-hydrogen) atoms. The maximum Gasteiger partial charge on any atom is 0.405 e. The van der Waals surface area contributed by atoms with Crippen LogP contribution in [0.25, 0.3) is 0 Å². The summed E-state index contributed by atoms with van der Waals surface area (Å²) >= 11 is 0. The average Bonchev–Trinajstić information content (AvgIpc) is 2.36. The van der Waals surface area contributed by atoms with E-state index in [0.717, 1.165) is 12.0 Å². The van der Waals surface area contributed by atoms with Gasteiger partial charge >= 0.3 is 12.1 Å². The summed E-state index contributed by atoms with van der Waals surface area (Å²) in [5.74, 6) is -4.02. The molecule has 1 N–H and O–H groups in total. The molecule has 0 fully saturated rings. The third-order valence-corrected chi connectivity index (χ3v) is 3.16. The van der Waals surface area contributed by atoms with Crippen LogP contribution < -0.4 is 4.74 Å². The van der Waals surface area contributed by atoms with Crippen LogP contribution in [0.1, 0.15) is 31.7 Å². The van der Waals surface area contributed by atoms with Crippen LogP contribution in [0.2, 0.25) is 0 Å². The van der Waals surface area contributed by atoms with E-state index in [4.69, 9.17) is 9.84 Å². The van der Waals surface area contributed by atoms with Crippen molar-refractivity contribution < 1.29 is 27.8 Å². The lowest BCUT2D eigenvalue weighted by Crippen LogP contribution is -2.35. The molecule has 1 aromatic rings. The first-order valence-electron chi connectivity index (χ1n) is 6.28. The van der Waals surface area contributed by atoms with E-state index < -0.39 is 24.7 Å². The summed E-state index contributed by atoms with van der Waals surface area (Å²) in [6, 6.07) is 6.74. The zero-order valence-corrected chi connectivity index (χ0v) is 11.3. The summed E-state index contributed by atoms with van der Waals surface area (Å²) in [4.78, 5) is 10.6. The van der Waals surface area contributed by atoms with Gasteiger partial charge in [-0.1, -0.05) is 32.0 Å². The summed E-state index contributed by atoms with van der Waals surface area (Å²) in [5.41, 5.74) is 0.779. The third kappa shape index (κ3) is 4.15. The van der Waals surface area contributed by atoms with Crippen LogP contribution in [-0.4, -0.2) is 23.9 Å². The van der Waals surface area contributed by atoms with Crippen LogP contribution in [-0.2, 0) is 4.79 Å². The van der Waals surface area contributed by atoms with Crippen LogP contribution >= 0.6 is 0 Å². The second-order valence-corrected chi connectivity index (χ2v) is 4.59. The fraction of sp³-hybridized carbons (Fsp3) is 0.500. The summed E-state index contributed by atoms with van der Waals surface area (Å²) in [6.07, 6.45) is -4.01. The number of para-hydroxylation sites is 1. The molecule has 2 unspecified atom stereocenters. The lowest BCUT2D eigenvalue weighted by atomic mass is 9.98. The first kappa shape index (κ1) is 16.3. The van der Waals surface area contributed by atoms with Gasteiger partial charge in [-0.25, -0.2) is 0 Å². The van der Waals surface area contributed by atoms with E-state index in [1.807, 2.05) is 13.8 Å². The van der Waals surface area contributed by atoms with E-state index in [0.29, 0.717) is 5.75 Å². The highest BCUT2D eigenvalue weighted by Crippen LogP contribution is 2.31. The number of rotatable bonds is 6. The second kappa shape index (κ2) is 6.63. The highest BCUT2D eigenvalue weighted by atomic mass is 19.4. The quantitative estimate of drug-likeness (QED) is 0.865. The number of aliphatic carboxylic acids is 1. The largest absolute Gasteiger partial charge is 0.492 e. The Hall–Kier alpha value is -1.72. The number of alkyl halides is 3. The molecule has 0 aliphatic heterocycles. The Morgan fingerprint density at radius 1 is 1.35 bits per heavy atom. The maximum atomic E-state index is 12.5. The molecule has 1 aromatic carbocycles. The zero-order chi connectivity index (χ0) is 15.3. The van der Waals surface area contributed by atoms with Gasteiger partial charge in [-0.15, -0.1) is 0 Å². The van der Waals surface area contributed by atoms with Crippen LogP contribution in [0.15, 0.2) is 24.3 Å². The molecular formula is C14H17F3O3. The third-order valence-electron chi connectivity index (χ3n) is 3.16. The molecule has 0 aliphatic carbocycles. The molecule has 112 valence electrons. The standard InChI is InChI=1S/C14H17F3O3/c1-3-9(2)10-6-4-5-7-12(10)20-8-11(13(18)19)14(15,16)17/h4-7,9,11H,3,8H2,1-2H3,(H,18,19). The van der Waals surface area contributed by atoms with Crippen molar-refractivity contribution in [3.63, 3.8) is 0 Å². The number of carboxylic acids is 1. The van der Waals surface area contributed by atoms with Crippen molar-refractivity contribution in [1.29, 1.82) is 0 Å². The average molecular weight is 290 g/mol. The number of hydrogen-bond donors (Lipinski definition) is 1. The number of ether oxygens (including phenoxy) is 1. The predicted octanol–water partition coefficient (Wildman–Crippen LogP) is 3.84. The first-order valence-corrected chi connectivity index (χ1v) is 6.28. The van der Waals surface area contributed by atoms with Crippen molar-refractivity contribution >= 4 is 5.97 Å². The minimum atomic E-state index is -4.82. The molecule has 3 nitrogen and oxygen atoms in total. The number of halogens is 3. The molecular weight excluding hydrogens is 273 g/mol. The molecule has 0 amide bonds. The molecule has 0 radical (unpaired) electrons. The number of benzene rings is 1. The Morgan fingerprint density at radius 3 is 2.45 bits per heavy atom. The summed E-state index contributed by atoms with van der Waals surface area (Å²) in [7, 11) is 0. The van der Waals surface area contributed by atoms with Gasteiger partial charge in [0.05, 0.1) is 0 Å². The predicted molar refractivity (Wildman–Crippen MR) is 67.8 cm³/mol. The SMILES string of the molecule is CCC(C)c1ccccc1OCC(C(=O)O)C(F)(F)F.